The van der Waals surface area contributed by atoms with Crippen molar-refractivity contribution in [3.8, 4) is 0 Å². The van der Waals surface area contributed by atoms with Crippen LogP contribution in [0.3, 0.4) is 0 Å². The highest BCUT2D eigenvalue weighted by molar-refractivity contribution is 7.86. The van der Waals surface area contributed by atoms with Crippen LogP contribution < -0.4 is 0 Å². The third-order valence-electron chi connectivity index (χ3n) is 2.96. The quantitative estimate of drug-likeness (QED) is 0.724. The predicted molar refractivity (Wildman–Crippen MR) is 75.5 cm³/mol. The molecular formula is C12H21N3O5S. The van der Waals surface area contributed by atoms with Gasteiger partial charge >= 0.3 is 5.97 Å². The van der Waals surface area contributed by atoms with E-state index in [1.165, 1.54) is 0 Å². The molecule has 8 nitrogen and oxygen atoms in total. The summed E-state index contributed by atoms with van der Waals surface area (Å²) in [5, 5.41) is 18.6. The highest BCUT2D eigenvalue weighted by Gasteiger charge is 2.28. The summed E-state index contributed by atoms with van der Waals surface area (Å²) in [6, 6.07) is 0. The summed E-state index contributed by atoms with van der Waals surface area (Å²) in [5.74, 6) is -1.14. The van der Waals surface area contributed by atoms with Gasteiger partial charge in [0, 0.05) is 0 Å². The number of aromatic amines is 1. The molecule has 0 aromatic carbocycles. The van der Waals surface area contributed by atoms with Crippen molar-refractivity contribution >= 4 is 16.1 Å². The monoisotopic (exact) mass is 319 g/mol. The van der Waals surface area contributed by atoms with E-state index in [4.69, 9.17) is 9.29 Å². The summed E-state index contributed by atoms with van der Waals surface area (Å²) >= 11 is 0. The van der Waals surface area contributed by atoms with Gasteiger partial charge in [0.2, 0.25) is 0 Å². The number of hydrogen-bond acceptors (Lipinski definition) is 6. The number of rotatable bonds is 7. The van der Waals surface area contributed by atoms with Crippen molar-refractivity contribution < 1.29 is 22.5 Å². The van der Waals surface area contributed by atoms with Crippen LogP contribution in [-0.2, 0) is 20.7 Å². The summed E-state index contributed by atoms with van der Waals surface area (Å²) in [6.07, 6.45) is 1.95. The molecule has 9 heteroatoms. The molecule has 0 aliphatic carbocycles. The fraction of sp³-hybridized carbons (Fsp3) is 0.750. The molecule has 0 saturated heterocycles. The molecule has 21 heavy (non-hydrogen) atoms. The minimum absolute atomic E-state index is 0.105. The Morgan fingerprint density at radius 1 is 1.38 bits per heavy atom. The average molecular weight is 319 g/mol. The summed E-state index contributed by atoms with van der Waals surface area (Å²) in [4.78, 5) is 10.9. The number of nitrogens with zero attached hydrogens (tertiary/aromatic N) is 2. The first-order chi connectivity index (χ1) is 9.50. The van der Waals surface area contributed by atoms with Crippen LogP contribution in [0.15, 0.2) is 0 Å². The molecule has 0 spiro atoms. The number of H-pyrrole nitrogens is 1. The van der Waals surface area contributed by atoms with Gasteiger partial charge in [0.1, 0.15) is 0 Å². The van der Waals surface area contributed by atoms with Crippen molar-refractivity contribution in [1.29, 1.82) is 0 Å². The van der Waals surface area contributed by atoms with E-state index >= 15 is 0 Å². The first-order valence-electron chi connectivity index (χ1n) is 6.52. The van der Waals surface area contributed by atoms with Crippen molar-refractivity contribution in [2.45, 2.75) is 46.1 Å². The third kappa shape index (κ3) is 5.80. The number of carboxylic acids is 1. The van der Waals surface area contributed by atoms with E-state index in [0.717, 1.165) is 6.26 Å². The van der Waals surface area contributed by atoms with Gasteiger partial charge in [0.15, 0.2) is 5.69 Å². The summed E-state index contributed by atoms with van der Waals surface area (Å²) in [6.45, 7) is 5.67. The zero-order valence-electron chi connectivity index (χ0n) is 12.6. The molecule has 0 radical (unpaired) electrons. The first-order valence-corrected chi connectivity index (χ1v) is 8.33. The lowest BCUT2D eigenvalue weighted by Crippen LogP contribution is -2.31. The van der Waals surface area contributed by atoms with Gasteiger partial charge in [-0.05, 0) is 24.7 Å². The largest absolute Gasteiger partial charge is 0.476 e. The average Bonchev–Trinajstić information content (AvgIpc) is 2.73. The van der Waals surface area contributed by atoms with Gasteiger partial charge in [0.05, 0.1) is 18.1 Å². The van der Waals surface area contributed by atoms with Gasteiger partial charge in [-0.15, -0.1) is 5.10 Å². The Bertz CT molecular complexity index is 588. The minimum Gasteiger partial charge on any atom is -0.476 e. The second-order valence-electron chi connectivity index (χ2n) is 5.97. The second kappa shape index (κ2) is 6.52. The van der Waals surface area contributed by atoms with Crippen LogP contribution in [0, 0.1) is 5.41 Å². The van der Waals surface area contributed by atoms with E-state index < -0.39 is 22.2 Å². The maximum atomic E-state index is 11.3. The lowest BCUT2D eigenvalue weighted by atomic mass is 9.86. The van der Waals surface area contributed by atoms with Crippen molar-refractivity contribution in [3.05, 3.63) is 11.4 Å². The van der Waals surface area contributed by atoms with Crippen molar-refractivity contribution in [2.75, 3.05) is 6.26 Å². The highest BCUT2D eigenvalue weighted by Crippen LogP contribution is 2.27. The van der Waals surface area contributed by atoms with Crippen LogP contribution in [0.5, 0.6) is 0 Å². The third-order valence-corrected chi connectivity index (χ3v) is 3.54. The number of carboxylic acid groups (broad SMARTS) is 1. The van der Waals surface area contributed by atoms with E-state index in [1.54, 1.807) is 0 Å². The van der Waals surface area contributed by atoms with E-state index in [2.05, 4.69) is 15.4 Å². The highest BCUT2D eigenvalue weighted by atomic mass is 32.2. The Morgan fingerprint density at radius 3 is 2.48 bits per heavy atom. The molecule has 0 bridgehead atoms. The molecule has 1 aromatic rings. The van der Waals surface area contributed by atoms with Gasteiger partial charge < -0.3 is 5.11 Å². The van der Waals surface area contributed by atoms with Gasteiger partial charge in [-0.2, -0.15) is 18.7 Å². The SMILES string of the molecule is CC(C)(C)C(CCCc1n[nH]nc1C(=O)O)OS(C)(=O)=O. The molecule has 0 aliphatic rings. The number of nitrogens with one attached hydrogen (secondary N) is 1. The van der Waals surface area contributed by atoms with Crippen molar-refractivity contribution in [3.63, 3.8) is 0 Å². The Hall–Kier alpha value is -1.48. The van der Waals surface area contributed by atoms with Gasteiger partial charge in [-0.1, -0.05) is 20.8 Å². The first kappa shape index (κ1) is 17.6. The van der Waals surface area contributed by atoms with Crippen LogP contribution in [0.4, 0.5) is 0 Å². The molecule has 0 amide bonds. The smallest absolute Gasteiger partial charge is 0.358 e. The molecule has 1 unspecified atom stereocenters. The molecule has 1 aromatic heterocycles. The number of aromatic carboxylic acids is 1. The van der Waals surface area contributed by atoms with Crippen LogP contribution in [0.25, 0.3) is 0 Å². The maximum Gasteiger partial charge on any atom is 0.358 e. The fourth-order valence-corrected chi connectivity index (χ4v) is 2.70. The Labute approximate surface area is 124 Å². The van der Waals surface area contributed by atoms with Crippen molar-refractivity contribution in [2.24, 2.45) is 5.41 Å². The number of aryl methyl sites for hydroxylation is 1. The van der Waals surface area contributed by atoms with Crippen molar-refractivity contribution in [1.82, 2.24) is 15.4 Å². The normalized spacial score (nSPS) is 14.1. The molecule has 120 valence electrons. The molecule has 0 aliphatic heterocycles. The summed E-state index contributed by atoms with van der Waals surface area (Å²) < 4.78 is 27.7. The van der Waals surface area contributed by atoms with Crippen LogP contribution in [-0.4, -0.2) is 47.3 Å². The predicted octanol–water partition coefficient (Wildman–Crippen LogP) is 1.22. The second-order valence-corrected chi connectivity index (χ2v) is 7.57. The van der Waals surface area contributed by atoms with Crippen LogP contribution in [0.2, 0.25) is 0 Å². The van der Waals surface area contributed by atoms with E-state index in [-0.39, 0.29) is 11.1 Å². The Balaban J connectivity index is 2.66. The molecule has 2 N–H and O–H groups in total. The lowest BCUT2D eigenvalue weighted by molar-refractivity contribution is 0.0688. The number of aromatic nitrogens is 3. The fourth-order valence-electron chi connectivity index (χ4n) is 1.89. The Morgan fingerprint density at radius 2 is 2.00 bits per heavy atom. The summed E-state index contributed by atoms with van der Waals surface area (Å²) in [5.41, 5.74) is -0.0939. The van der Waals surface area contributed by atoms with Gasteiger partial charge in [-0.25, -0.2) is 4.79 Å². The topological polar surface area (TPSA) is 122 Å². The molecule has 1 heterocycles. The maximum absolute atomic E-state index is 11.3. The molecule has 0 fully saturated rings. The molecule has 1 rings (SSSR count). The minimum atomic E-state index is -3.54. The van der Waals surface area contributed by atoms with Gasteiger partial charge in [-0.3, -0.25) is 4.18 Å². The number of carbonyl (C=O) groups is 1. The van der Waals surface area contributed by atoms with Crippen LogP contribution in [0.1, 0.15) is 49.8 Å². The zero-order chi connectivity index (χ0) is 16.3. The molecular weight excluding hydrogens is 298 g/mol. The van der Waals surface area contributed by atoms with Gasteiger partial charge in [0.25, 0.3) is 10.1 Å². The van der Waals surface area contributed by atoms with E-state index in [0.29, 0.717) is 25.0 Å². The standard InChI is InChI=1S/C12H21N3O5S/c1-12(2,3)9(20-21(4,18)19)7-5-6-8-10(11(16)17)14-15-13-8/h9H,5-7H2,1-4H3,(H,16,17)(H,13,14,15). The summed E-state index contributed by atoms with van der Waals surface area (Å²) in [7, 11) is -3.54. The molecule has 1 atom stereocenters. The lowest BCUT2D eigenvalue weighted by Gasteiger charge is -2.29. The Kier molecular flexibility index (Phi) is 5.46. The molecule has 0 saturated carbocycles. The van der Waals surface area contributed by atoms with Crippen LogP contribution >= 0.6 is 0 Å². The van der Waals surface area contributed by atoms with E-state index in [1.807, 2.05) is 20.8 Å². The number of hydrogen-bond donors (Lipinski definition) is 2. The zero-order valence-corrected chi connectivity index (χ0v) is 13.4. The van der Waals surface area contributed by atoms with E-state index in [9.17, 15) is 13.2 Å².